The number of hydrogen-bond acceptors (Lipinski definition) is 5. The number of rotatable bonds is 4. The van der Waals surface area contributed by atoms with Gasteiger partial charge in [-0.25, -0.2) is 4.79 Å². The molecule has 0 atom stereocenters. The van der Waals surface area contributed by atoms with E-state index < -0.39 is 35.7 Å². The molecule has 0 spiro atoms. The monoisotopic (exact) mass is 457 g/mol. The summed E-state index contributed by atoms with van der Waals surface area (Å²) in [6.45, 7) is 13.9. The van der Waals surface area contributed by atoms with Crippen LogP contribution in [-0.4, -0.2) is 54.6 Å². The van der Waals surface area contributed by atoms with Crippen LogP contribution < -0.4 is 10.2 Å². The molecule has 0 aromatic heterocycles. The van der Waals surface area contributed by atoms with E-state index in [9.17, 15) is 18.0 Å². The van der Waals surface area contributed by atoms with Crippen LogP contribution in [0.4, 0.5) is 18.0 Å². The molecule has 32 heavy (non-hydrogen) atoms. The fourth-order valence-electron chi connectivity index (χ4n) is 3.37. The number of carbonyl (C=O) groups excluding carboxylic acids is 1. The van der Waals surface area contributed by atoms with Gasteiger partial charge in [-0.15, -0.1) is 0 Å². The molecule has 3 rings (SSSR count). The largest absolute Gasteiger partial charge is 0.498 e. The molecule has 0 radical (unpaired) electrons. The van der Waals surface area contributed by atoms with Crippen molar-refractivity contribution >= 4 is 18.7 Å². The van der Waals surface area contributed by atoms with Crippen molar-refractivity contribution in [2.75, 3.05) is 19.7 Å². The van der Waals surface area contributed by atoms with Gasteiger partial charge in [0.1, 0.15) is 11.4 Å². The Morgan fingerprint density at radius 1 is 1.12 bits per heavy atom. The van der Waals surface area contributed by atoms with Gasteiger partial charge in [-0.3, -0.25) is 0 Å². The predicted octanol–water partition coefficient (Wildman–Crippen LogP) is 4.25. The van der Waals surface area contributed by atoms with Crippen molar-refractivity contribution in [2.45, 2.75) is 71.4 Å². The van der Waals surface area contributed by atoms with E-state index in [0.29, 0.717) is 13.1 Å². The minimum atomic E-state index is -4.50. The molecule has 0 unspecified atom stereocenters. The Hall–Kier alpha value is -1.94. The lowest BCUT2D eigenvalue weighted by atomic mass is 9.77. The van der Waals surface area contributed by atoms with Crippen molar-refractivity contribution in [1.29, 1.82) is 0 Å². The van der Waals surface area contributed by atoms with Gasteiger partial charge in [0.05, 0.1) is 23.4 Å². The van der Waals surface area contributed by atoms with Gasteiger partial charge >= 0.3 is 19.4 Å². The lowest BCUT2D eigenvalue weighted by molar-refractivity contribution is -0.137. The Balaban J connectivity index is 1.70. The third kappa shape index (κ3) is 5.34. The Bertz CT molecular complexity index is 844. The zero-order valence-electron chi connectivity index (χ0n) is 19.6. The van der Waals surface area contributed by atoms with Gasteiger partial charge in [-0.1, -0.05) is 0 Å². The highest BCUT2D eigenvalue weighted by Crippen LogP contribution is 2.38. The minimum Gasteiger partial charge on any atom is -0.494 e. The topological polar surface area (TPSA) is 57.2 Å². The third-order valence-corrected chi connectivity index (χ3v) is 5.93. The molecule has 2 fully saturated rings. The smallest absolute Gasteiger partial charge is 0.494 e. The number of ether oxygens (including phenoxy) is 2. The molecular formula is C22H31BF3NO5. The molecule has 1 aromatic carbocycles. The Labute approximate surface area is 187 Å². The summed E-state index contributed by atoms with van der Waals surface area (Å²) in [6, 6.07) is 3.30. The molecule has 0 saturated carbocycles. The summed E-state index contributed by atoms with van der Waals surface area (Å²) in [5, 5.41) is 0. The molecule has 2 aliphatic heterocycles. The van der Waals surface area contributed by atoms with E-state index in [1.165, 1.54) is 6.07 Å². The summed E-state index contributed by atoms with van der Waals surface area (Å²) < 4.78 is 63.1. The Morgan fingerprint density at radius 2 is 1.69 bits per heavy atom. The number of amides is 1. The van der Waals surface area contributed by atoms with Gasteiger partial charge < -0.3 is 23.7 Å². The first-order chi connectivity index (χ1) is 14.5. The summed E-state index contributed by atoms with van der Waals surface area (Å²) in [7, 11) is -0.989. The van der Waals surface area contributed by atoms with Crippen LogP contribution in [-0.2, 0) is 20.2 Å². The number of likely N-dealkylation sites (tertiary alicyclic amines) is 1. The van der Waals surface area contributed by atoms with Gasteiger partial charge in [-0.05, 0) is 66.7 Å². The van der Waals surface area contributed by atoms with E-state index in [2.05, 4.69) is 0 Å². The molecule has 178 valence electrons. The van der Waals surface area contributed by atoms with Crippen LogP contribution in [0.15, 0.2) is 18.2 Å². The number of benzene rings is 1. The minimum absolute atomic E-state index is 0.0518. The standard InChI is InChI=1S/C22H31BF3NO5/c1-19(2,3)30-18(28)27-11-14(12-27)13-29-17-9-8-15(22(24,25)26)10-16(17)23-31-20(4,5)21(6,7)32-23/h8-10,14H,11-13H2,1-7H3. The zero-order valence-corrected chi connectivity index (χ0v) is 19.6. The van der Waals surface area contributed by atoms with Gasteiger partial charge in [0.2, 0.25) is 0 Å². The highest BCUT2D eigenvalue weighted by Gasteiger charge is 2.53. The summed E-state index contributed by atoms with van der Waals surface area (Å²) in [6.07, 6.45) is -4.89. The molecule has 10 heteroatoms. The van der Waals surface area contributed by atoms with Crippen molar-refractivity contribution in [3.63, 3.8) is 0 Å². The molecule has 6 nitrogen and oxygen atoms in total. The SMILES string of the molecule is CC(C)(C)OC(=O)N1CC(COc2ccc(C(F)(F)F)cc2B2OC(C)(C)C(C)(C)O2)C1. The fraction of sp³-hybridized carbons (Fsp3) is 0.682. The second-order valence-electron chi connectivity index (χ2n) is 10.4. The maximum absolute atomic E-state index is 13.3. The van der Waals surface area contributed by atoms with Crippen LogP contribution in [0.2, 0.25) is 0 Å². The molecular weight excluding hydrogens is 426 g/mol. The predicted molar refractivity (Wildman–Crippen MR) is 114 cm³/mol. The highest BCUT2D eigenvalue weighted by atomic mass is 19.4. The lowest BCUT2D eigenvalue weighted by Crippen LogP contribution is -2.53. The quantitative estimate of drug-likeness (QED) is 0.633. The molecule has 2 aliphatic rings. The molecule has 0 N–H and O–H groups in total. The van der Waals surface area contributed by atoms with E-state index in [-0.39, 0.29) is 29.8 Å². The van der Waals surface area contributed by atoms with Crippen molar-refractivity contribution in [3.05, 3.63) is 23.8 Å². The number of carbonyl (C=O) groups is 1. The lowest BCUT2D eigenvalue weighted by Gasteiger charge is -2.39. The Morgan fingerprint density at radius 3 is 2.19 bits per heavy atom. The van der Waals surface area contributed by atoms with Crippen molar-refractivity contribution in [2.24, 2.45) is 5.92 Å². The molecule has 0 aliphatic carbocycles. The fourth-order valence-corrected chi connectivity index (χ4v) is 3.37. The number of halogens is 3. The summed E-state index contributed by atoms with van der Waals surface area (Å²) in [5.74, 6) is 0.322. The van der Waals surface area contributed by atoms with Crippen molar-refractivity contribution in [3.8, 4) is 5.75 Å². The molecule has 2 heterocycles. The molecule has 0 bridgehead atoms. The van der Waals surface area contributed by atoms with Crippen LogP contribution in [0.3, 0.4) is 0 Å². The van der Waals surface area contributed by atoms with Crippen molar-refractivity contribution in [1.82, 2.24) is 4.90 Å². The van der Waals surface area contributed by atoms with Gasteiger partial charge in [-0.2, -0.15) is 13.2 Å². The van der Waals surface area contributed by atoms with Crippen LogP contribution in [0.1, 0.15) is 54.0 Å². The highest BCUT2D eigenvalue weighted by molar-refractivity contribution is 6.63. The first kappa shape index (κ1) is 24.7. The first-order valence-electron chi connectivity index (χ1n) is 10.7. The summed E-state index contributed by atoms with van der Waals surface area (Å²) in [4.78, 5) is 13.6. The first-order valence-corrected chi connectivity index (χ1v) is 10.7. The van der Waals surface area contributed by atoms with Crippen LogP contribution >= 0.6 is 0 Å². The average Bonchev–Trinajstić information content (AvgIpc) is 2.78. The summed E-state index contributed by atoms with van der Waals surface area (Å²) in [5.41, 5.74) is -2.58. The van der Waals surface area contributed by atoms with Gasteiger partial charge in [0, 0.05) is 24.5 Å². The second kappa shape index (κ2) is 8.13. The normalized spacial score (nSPS) is 20.8. The average molecular weight is 457 g/mol. The molecule has 2 saturated heterocycles. The maximum atomic E-state index is 13.3. The summed E-state index contributed by atoms with van der Waals surface area (Å²) >= 11 is 0. The number of alkyl halides is 3. The van der Waals surface area contributed by atoms with E-state index in [1.807, 2.05) is 27.7 Å². The second-order valence-corrected chi connectivity index (χ2v) is 10.4. The molecule has 1 aromatic rings. The van der Waals surface area contributed by atoms with E-state index >= 15 is 0 Å². The molecule has 1 amide bonds. The Kier molecular flexibility index (Phi) is 6.28. The van der Waals surface area contributed by atoms with Crippen LogP contribution in [0.25, 0.3) is 0 Å². The van der Waals surface area contributed by atoms with Crippen LogP contribution in [0, 0.1) is 5.92 Å². The van der Waals surface area contributed by atoms with E-state index in [0.717, 1.165) is 12.1 Å². The number of nitrogens with zero attached hydrogens (tertiary/aromatic N) is 1. The van der Waals surface area contributed by atoms with E-state index in [1.54, 1.807) is 25.7 Å². The number of hydrogen-bond donors (Lipinski definition) is 0. The maximum Gasteiger partial charge on any atom is 0.498 e. The van der Waals surface area contributed by atoms with E-state index in [4.69, 9.17) is 18.8 Å². The van der Waals surface area contributed by atoms with Crippen molar-refractivity contribution < 1.29 is 36.7 Å². The van der Waals surface area contributed by atoms with Crippen LogP contribution in [0.5, 0.6) is 5.75 Å². The van der Waals surface area contributed by atoms with Gasteiger partial charge in [0.25, 0.3) is 0 Å². The zero-order chi connectivity index (χ0) is 24.1. The van der Waals surface area contributed by atoms with Gasteiger partial charge in [0.15, 0.2) is 0 Å². The third-order valence-electron chi connectivity index (χ3n) is 5.93.